The van der Waals surface area contributed by atoms with E-state index in [1.54, 1.807) is 6.07 Å². The lowest BCUT2D eigenvalue weighted by Gasteiger charge is -2.10. The number of hydrogen-bond acceptors (Lipinski definition) is 1. The largest absolute Gasteiger partial charge is 0.392 e. The van der Waals surface area contributed by atoms with E-state index in [1.165, 1.54) is 0 Å². The Morgan fingerprint density at radius 1 is 1.38 bits per heavy atom. The zero-order valence-corrected chi connectivity index (χ0v) is 10.8. The van der Waals surface area contributed by atoms with E-state index < -0.39 is 0 Å². The van der Waals surface area contributed by atoms with Gasteiger partial charge in [0, 0.05) is 0 Å². The quantitative estimate of drug-likeness (QED) is 0.834. The van der Waals surface area contributed by atoms with Gasteiger partial charge in [0.2, 0.25) is 0 Å². The zero-order valence-electron chi connectivity index (χ0n) is 9.19. The number of halogens is 2. The molecule has 0 heterocycles. The van der Waals surface area contributed by atoms with Crippen LogP contribution < -0.4 is 0 Å². The number of aliphatic hydroxyl groups is 1. The highest BCUT2D eigenvalue weighted by Gasteiger charge is 2.15. The summed E-state index contributed by atoms with van der Waals surface area (Å²) in [5.41, 5.74) is 4.27. The second-order valence-electron chi connectivity index (χ2n) is 4.16. The van der Waals surface area contributed by atoms with Crippen LogP contribution in [0.25, 0.3) is 5.57 Å². The Balaban J connectivity index is 2.60. The van der Waals surface area contributed by atoms with Crippen molar-refractivity contribution in [2.75, 3.05) is 6.61 Å². The molecule has 0 aromatic heterocycles. The monoisotopic (exact) mass is 284 g/mol. The minimum atomic E-state index is -0.209. The fourth-order valence-electron chi connectivity index (χ4n) is 2.21. The molecule has 0 bridgehead atoms. The lowest BCUT2D eigenvalue weighted by Crippen LogP contribution is -1.95. The Bertz CT molecular complexity index is 451. The Kier molecular flexibility index (Phi) is 3.45. The summed E-state index contributed by atoms with van der Waals surface area (Å²) in [4.78, 5) is 0. The molecule has 2 rings (SSSR count). The van der Waals surface area contributed by atoms with Gasteiger partial charge in [0.05, 0.1) is 11.1 Å². The van der Waals surface area contributed by atoms with E-state index in [9.17, 15) is 9.50 Å². The van der Waals surface area contributed by atoms with E-state index in [2.05, 4.69) is 15.9 Å². The Labute approximate surface area is 103 Å². The summed E-state index contributed by atoms with van der Waals surface area (Å²) in [6, 6.07) is 3.42. The predicted octanol–water partition coefficient (Wildman–Crippen LogP) is 3.69. The fourth-order valence-corrected chi connectivity index (χ4v) is 2.56. The van der Waals surface area contributed by atoms with Gasteiger partial charge in [0.15, 0.2) is 0 Å². The van der Waals surface area contributed by atoms with Crippen molar-refractivity contribution < 1.29 is 9.50 Å². The van der Waals surface area contributed by atoms with Gasteiger partial charge < -0.3 is 5.11 Å². The number of rotatable bonds is 1. The highest BCUT2D eigenvalue weighted by atomic mass is 79.9. The molecule has 0 saturated carbocycles. The topological polar surface area (TPSA) is 20.2 Å². The van der Waals surface area contributed by atoms with E-state index in [0.717, 1.165) is 41.5 Å². The summed E-state index contributed by atoms with van der Waals surface area (Å²) in [5.74, 6) is -0.209. The van der Waals surface area contributed by atoms with E-state index in [0.29, 0.717) is 4.47 Å². The van der Waals surface area contributed by atoms with Gasteiger partial charge in [-0.1, -0.05) is 0 Å². The van der Waals surface area contributed by atoms with Crippen LogP contribution >= 0.6 is 15.9 Å². The lowest BCUT2D eigenvalue weighted by molar-refractivity contribution is 0.326. The third kappa shape index (κ3) is 2.06. The van der Waals surface area contributed by atoms with Gasteiger partial charge in [-0.05, 0) is 76.5 Å². The number of aryl methyl sites for hydroxylation is 1. The molecule has 0 saturated heterocycles. The zero-order chi connectivity index (χ0) is 11.7. The standard InChI is InChI=1S/C13H14BrFO/c1-8-10(7-16)4-2-3-9-5-13(15)12(14)6-11(8)9/h5-6,16H,2-4,7H2,1H3. The Morgan fingerprint density at radius 2 is 2.12 bits per heavy atom. The van der Waals surface area contributed by atoms with Crippen LogP contribution in [0.4, 0.5) is 4.39 Å². The van der Waals surface area contributed by atoms with Gasteiger partial charge in [0.25, 0.3) is 0 Å². The van der Waals surface area contributed by atoms with Gasteiger partial charge in [0.1, 0.15) is 5.82 Å². The van der Waals surface area contributed by atoms with Crippen molar-refractivity contribution in [1.82, 2.24) is 0 Å². The molecule has 0 amide bonds. The molecule has 0 radical (unpaired) electrons. The van der Waals surface area contributed by atoms with Gasteiger partial charge in [-0.3, -0.25) is 0 Å². The lowest BCUT2D eigenvalue weighted by atomic mass is 9.98. The van der Waals surface area contributed by atoms with Gasteiger partial charge in [-0.15, -0.1) is 0 Å². The van der Waals surface area contributed by atoms with Crippen molar-refractivity contribution in [3.63, 3.8) is 0 Å². The maximum Gasteiger partial charge on any atom is 0.137 e. The van der Waals surface area contributed by atoms with E-state index in [4.69, 9.17) is 0 Å². The first kappa shape index (κ1) is 11.8. The highest BCUT2D eigenvalue weighted by molar-refractivity contribution is 9.10. The average molecular weight is 285 g/mol. The SMILES string of the molecule is CC1=C(CO)CCCc2cc(F)c(Br)cc21. The molecule has 1 aliphatic rings. The summed E-state index contributed by atoms with van der Waals surface area (Å²) in [7, 11) is 0. The maximum atomic E-state index is 13.4. The van der Waals surface area contributed by atoms with Crippen molar-refractivity contribution in [2.24, 2.45) is 0 Å². The molecule has 0 aliphatic heterocycles. The van der Waals surface area contributed by atoms with Crippen molar-refractivity contribution in [2.45, 2.75) is 26.2 Å². The van der Waals surface area contributed by atoms with Crippen molar-refractivity contribution in [3.8, 4) is 0 Å². The molecule has 86 valence electrons. The van der Waals surface area contributed by atoms with Crippen molar-refractivity contribution in [3.05, 3.63) is 39.1 Å². The normalized spacial score (nSPS) is 16.0. The summed E-state index contributed by atoms with van der Waals surface area (Å²) in [5, 5.41) is 9.29. The molecule has 1 aliphatic carbocycles. The number of fused-ring (bicyclic) bond motifs is 1. The molecule has 0 atom stereocenters. The number of allylic oxidation sites excluding steroid dienone is 1. The van der Waals surface area contributed by atoms with Crippen molar-refractivity contribution in [1.29, 1.82) is 0 Å². The van der Waals surface area contributed by atoms with E-state index >= 15 is 0 Å². The smallest absolute Gasteiger partial charge is 0.137 e. The number of aliphatic hydroxyl groups excluding tert-OH is 1. The van der Waals surface area contributed by atoms with Crippen LogP contribution in [0.15, 0.2) is 22.2 Å². The summed E-state index contributed by atoms with van der Waals surface area (Å²) >= 11 is 3.21. The highest BCUT2D eigenvalue weighted by Crippen LogP contribution is 2.32. The van der Waals surface area contributed by atoms with Crippen LogP contribution in [0, 0.1) is 5.82 Å². The summed E-state index contributed by atoms with van der Waals surface area (Å²) in [6.45, 7) is 2.10. The first-order valence-corrected chi connectivity index (χ1v) is 6.20. The molecular formula is C13H14BrFO. The number of benzene rings is 1. The minimum absolute atomic E-state index is 0.0975. The molecule has 3 heteroatoms. The molecule has 0 unspecified atom stereocenters. The van der Waals surface area contributed by atoms with Gasteiger partial charge >= 0.3 is 0 Å². The second-order valence-corrected chi connectivity index (χ2v) is 5.02. The van der Waals surface area contributed by atoms with Crippen LogP contribution in [-0.2, 0) is 6.42 Å². The fraction of sp³-hybridized carbons (Fsp3) is 0.385. The number of hydrogen-bond donors (Lipinski definition) is 1. The first-order valence-electron chi connectivity index (χ1n) is 5.41. The summed E-state index contributed by atoms with van der Waals surface area (Å²) in [6.07, 6.45) is 2.75. The maximum absolute atomic E-state index is 13.4. The predicted molar refractivity (Wildman–Crippen MR) is 66.7 cm³/mol. The van der Waals surface area contributed by atoms with Gasteiger partial charge in [-0.2, -0.15) is 0 Å². The molecule has 1 nitrogen and oxygen atoms in total. The molecule has 0 spiro atoms. The Hall–Kier alpha value is -0.670. The van der Waals surface area contributed by atoms with Crippen LogP contribution in [0.1, 0.15) is 30.9 Å². The molecular weight excluding hydrogens is 271 g/mol. The van der Waals surface area contributed by atoms with Crippen LogP contribution in [0.2, 0.25) is 0 Å². The van der Waals surface area contributed by atoms with Crippen LogP contribution in [-0.4, -0.2) is 11.7 Å². The minimum Gasteiger partial charge on any atom is -0.392 e. The van der Waals surface area contributed by atoms with Crippen LogP contribution in [0.5, 0.6) is 0 Å². The third-order valence-corrected chi connectivity index (χ3v) is 3.80. The Morgan fingerprint density at radius 3 is 2.81 bits per heavy atom. The first-order chi connectivity index (χ1) is 7.63. The van der Waals surface area contributed by atoms with E-state index in [1.807, 2.05) is 13.0 Å². The molecule has 1 aromatic carbocycles. The molecule has 1 aromatic rings. The summed E-state index contributed by atoms with van der Waals surface area (Å²) < 4.78 is 13.9. The van der Waals surface area contributed by atoms with Gasteiger partial charge in [-0.25, -0.2) is 4.39 Å². The molecule has 16 heavy (non-hydrogen) atoms. The van der Waals surface area contributed by atoms with E-state index in [-0.39, 0.29) is 12.4 Å². The second kappa shape index (κ2) is 4.68. The molecule has 0 fully saturated rings. The third-order valence-electron chi connectivity index (χ3n) is 3.20. The average Bonchev–Trinajstić information content (AvgIpc) is 2.41. The van der Waals surface area contributed by atoms with Crippen molar-refractivity contribution >= 4 is 21.5 Å². The molecule has 1 N–H and O–H groups in total. The van der Waals surface area contributed by atoms with Crippen LogP contribution in [0.3, 0.4) is 0 Å².